The van der Waals surface area contributed by atoms with E-state index < -0.39 is 121 Å². The molecular weight excluding hydrogens is 853 g/mol. The number of amides is 8. The number of primary amides is 1. The second-order valence-electron chi connectivity index (χ2n) is 15.5. The van der Waals surface area contributed by atoms with Crippen LogP contribution < -0.4 is 37.6 Å². The summed E-state index contributed by atoms with van der Waals surface area (Å²) in [7, 11) is 1.32. The van der Waals surface area contributed by atoms with Crippen molar-refractivity contribution in [1.29, 1.82) is 0 Å². The molecule has 6 atom stereocenters. The highest BCUT2D eigenvalue weighted by atomic mass is 32.2. The Kier molecular flexibility index (Phi) is 23.1. The molecule has 0 aliphatic carbocycles. The van der Waals surface area contributed by atoms with Crippen LogP contribution >= 0.6 is 11.8 Å². The lowest BCUT2D eigenvalue weighted by Crippen LogP contribution is -2.59. The number of carbonyl (C=O) groups is 10. The molecule has 0 aromatic heterocycles. The van der Waals surface area contributed by atoms with Gasteiger partial charge < -0.3 is 52.7 Å². The normalized spacial score (nSPS) is 13.7. The maximum absolute atomic E-state index is 14.5. The zero-order valence-corrected chi connectivity index (χ0v) is 37.4. The summed E-state index contributed by atoms with van der Waals surface area (Å²) in [6.45, 7) is 4.10. The summed E-state index contributed by atoms with van der Waals surface area (Å²) in [4.78, 5) is 130. The van der Waals surface area contributed by atoms with E-state index >= 15 is 0 Å². The molecule has 0 heterocycles. The summed E-state index contributed by atoms with van der Waals surface area (Å²) < 4.78 is 0. The summed E-state index contributed by atoms with van der Waals surface area (Å²) in [6, 6.07) is 9.09. The number of hydrogen-bond acceptors (Lipinski definition) is 11. The smallest absolute Gasteiger partial charge is 0.305 e. The predicted octanol–water partition coefficient (Wildman–Crippen LogP) is -0.517. The first-order valence-corrected chi connectivity index (χ1v) is 21.9. The van der Waals surface area contributed by atoms with Gasteiger partial charge in [0.1, 0.15) is 36.3 Å². The average molecular weight is 913 g/mol. The highest BCUT2D eigenvalue weighted by molar-refractivity contribution is 7.98. The third-order valence-electron chi connectivity index (χ3n) is 9.69. The number of carboxylic acid groups (broad SMARTS) is 2. The van der Waals surface area contributed by atoms with Gasteiger partial charge in [0, 0.05) is 33.2 Å². The number of rotatable bonds is 28. The van der Waals surface area contributed by atoms with Crippen molar-refractivity contribution < 1.29 is 58.2 Å². The lowest BCUT2D eigenvalue weighted by molar-refractivity contribution is -0.143. The van der Waals surface area contributed by atoms with Crippen LogP contribution in [0, 0.1) is 5.92 Å². The molecule has 0 spiro atoms. The van der Waals surface area contributed by atoms with Crippen LogP contribution in [0.3, 0.4) is 0 Å². The van der Waals surface area contributed by atoms with E-state index in [1.807, 2.05) is 20.1 Å². The quantitative estimate of drug-likeness (QED) is 0.0520. The van der Waals surface area contributed by atoms with E-state index in [2.05, 4.69) is 31.9 Å². The third-order valence-corrected chi connectivity index (χ3v) is 10.3. The van der Waals surface area contributed by atoms with E-state index in [4.69, 9.17) is 5.73 Å². The number of nitrogens with one attached hydrogen (secondary N) is 6. The molecule has 10 N–H and O–H groups in total. The number of hydrogen-bond donors (Lipinski definition) is 9. The van der Waals surface area contributed by atoms with Crippen LogP contribution in [0.5, 0.6) is 0 Å². The van der Waals surface area contributed by atoms with Crippen molar-refractivity contribution in [3.8, 4) is 0 Å². The van der Waals surface area contributed by atoms with Crippen LogP contribution in [0.15, 0.2) is 60.7 Å². The van der Waals surface area contributed by atoms with Gasteiger partial charge in [-0.15, -0.1) is 0 Å². The maximum Gasteiger partial charge on any atom is 0.305 e. The van der Waals surface area contributed by atoms with Crippen LogP contribution in [-0.4, -0.2) is 136 Å². The minimum absolute atomic E-state index is 0.0587. The van der Waals surface area contributed by atoms with Crippen molar-refractivity contribution in [3.05, 3.63) is 71.8 Å². The Morgan fingerprint density at radius 3 is 1.70 bits per heavy atom. The molecule has 0 saturated carbocycles. The lowest BCUT2D eigenvalue weighted by atomic mass is 10.00. The SMILES string of the molecule is CSCC[C@H](NC(=O)[C@H](CC(C)C)NC(=O)CNC(=O)[C@H](Cc1ccccc1)N(C)C(=O)[C@H](Cc1ccccc1)NC(=O)[C@@H](CCC(=O)O)NC(=O)[C@@H](CC(=O)O)NC(C)=O)C(N)=O. The van der Waals surface area contributed by atoms with E-state index in [0.717, 1.165) is 11.8 Å². The van der Waals surface area contributed by atoms with Crippen LogP contribution in [0.1, 0.15) is 64.0 Å². The van der Waals surface area contributed by atoms with Crippen molar-refractivity contribution >= 4 is 71.0 Å². The molecule has 0 saturated heterocycles. The zero-order valence-electron chi connectivity index (χ0n) is 36.6. The van der Waals surface area contributed by atoms with Gasteiger partial charge >= 0.3 is 11.9 Å². The monoisotopic (exact) mass is 912 g/mol. The second-order valence-corrected chi connectivity index (χ2v) is 16.4. The van der Waals surface area contributed by atoms with Crippen molar-refractivity contribution in [2.45, 2.75) is 102 Å². The Morgan fingerprint density at radius 1 is 0.656 bits per heavy atom. The molecule has 350 valence electrons. The highest BCUT2D eigenvalue weighted by Gasteiger charge is 2.36. The molecule has 0 unspecified atom stereocenters. The van der Waals surface area contributed by atoms with Gasteiger partial charge in [0.05, 0.1) is 13.0 Å². The fourth-order valence-corrected chi connectivity index (χ4v) is 6.90. The first kappa shape index (κ1) is 53.6. The van der Waals surface area contributed by atoms with Gasteiger partial charge in [-0.25, -0.2) is 0 Å². The Labute approximate surface area is 376 Å². The van der Waals surface area contributed by atoms with Gasteiger partial charge in [0.15, 0.2) is 0 Å². The molecule has 0 bridgehead atoms. The minimum Gasteiger partial charge on any atom is -0.481 e. The van der Waals surface area contributed by atoms with E-state index in [0.29, 0.717) is 16.9 Å². The molecule has 8 amide bonds. The van der Waals surface area contributed by atoms with Crippen LogP contribution in [0.25, 0.3) is 0 Å². The first-order valence-electron chi connectivity index (χ1n) is 20.5. The summed E-state index contributed by atoms with van der Waals surface area (Å²) in [6.07, 6.45) is 0.149. The summed E-state index contributed by atoms with van der Waals surface area (Å²) in [5.74, 6) is -8.80. The molecule has 0 aliphatic heterocycles. The number of aliphatic carboxylic acids is 2. The van der Waals surface area contributed by atoms with Gasteiger partial charge in [-0.2, -0.15) is 11.8 Å². The Hall–Kier alpha value is -6.51. The van der Waals surface area contributed by atoms with E-state index in [9.17, 15) is 58.2 Å². The molecule has 0 fully saturated rings. The average Bonchev–Trinajstić information content (AvgIpc) is 3.23. The Morgan fingerprint density at radius 2 is 1.19 bits per heavy atom. The molecule has 0 radical (unpaired) electrons. The predicted molar refractivity (Wildman–Crippen MR) is 236 cm³/mol. The van der Waals surface area contributed by atoms with Crippen molar-refractivity contribution in [2.75, 3.05) is 25.6 Å². The molecule has 21 heteroatoms. The van der Waals surface area contributed by atoms with E-state index in [1.54, 1.807) is 60.7 Å². The maximum atomic E-state index is 14.5. The largest absolute Gasteiger partial charge is 0.481 e. The van der Waals surface area contributed by atoms with Gasteiger partial charge in [0.2, 0.25) is 47.3 Å². The number of likely N-dealkylation sites (N-methyl/N-ethyl adjacent to an activating group) is 1. The minimum atomic E-state index is -1.62. The lowest BCUT2D eigenvalue weighted by Gasteiger charge is -2.32. The van der Waals surface area contributed by atoms with Gasteiger partial charge in [-0.1, -0.05) is 74.5 Å². The van der Waals surface area contributed by atoms with E-state index in [-0.39, 0.29) is 31.6 Å². The molecule has 64 heavy (non-hydrogen) atoms. The van der Waals surface area contributed by atoms with Crippen LogP contribution in [-0.2, 0) is 60.8 Å². The summed E-state index contributed by atoms with van der Waals surface area (Å²) >= 11 is 1.46. The molecular formula is C43H60N8O12S. The molecule has 2 aromatic rings. The Bertz CT molecular complexity index is 1920. The van der Waals surface area contributed by atoms with E-state index in [1.165, 1.54) is 18.8 Å². The number of thioether (sulfide) groups is 1. The fourth-order valence-electron chi connectivity index (χ4n) is 6.43. The van der Waals surface area contributed by atoms with Gasteiger partial charge in [-0.3, -0.25) is 47.9 Å². The van der Waals surface area contributed by atoms with Crippen LogP contribution in [0.2, 0.25) is 0 Å². The number of carboxylic acids is 2. The van der Waals surface area contributed by atoms with Crippen molar-refractivity contribution in [1.82, 2.24) is 36.8 Å². The standard InChI is InChI=1S/C43H60N8O12S/c1-25(2)20-31(40(60)48-29(38(44)58)18-19-64-5)47-35(53)24-45-42(62)34(22-28-14-10-7-11-15-28)51(4)43(63)33(21-27-12-8-6-9-13-27)50-39(59)30(16-17-36(54)55)49-41(61)32(23-37(56)57)46-26(3)52/h6-15,25,29-34H,16-24H2,1-5H3,(H2,44,58)(H,45,62)(H,46,52)(H,47,53)(H,48,60)(H,49,61)(H,50,59)(H,54,55)(H,56,57)/t29-,30+,31-,32+,33-,34-/m0/s1. The summed E-state index contributed by atoms with van der Waals surface area (Å²) in [5.41, 5.74) is 6.69. The van der Waals surface area contributed by atoms with Crippen molar-refractivity contribution in [2.24, 2.45) is 11.7 Å². The molecule has 20 nitrogen and oxygen atoms in total. The second kappa shape index (κ2) is 27.5. The number of nitrogens with two attached hydrogens (primary N) is 1. The van der Waals surface area contributed by atoms with Gasteiger partial charge in [0.25, 0.3) is 0 Å². The number of benzene rings is 2. The first-order chi connectivity index (χ1) is 30.2. The summed E-state index contributed by atoms with van der Waals surface area (Å²) in [5, 5.41) is 33.6. The zero-order chi connectivity index (χ0) is 47.9. The third kappa shape index (κ3) is 19.7. The topological polar surface area (TPSA) is 313 Å². The molecule has 2 aromatic carbocycles. The fraction of sp³-hybridized carbons (Fsp3) is 0.488. The van der Waals surface area contributed by atoms with Crippen LogP contribution in [0.4, 0.5) is 0 Å². The Balaban J connectivity index is 2.43. The highest BCUT2D eigenvalue weighted by Crippen LogP contribution is 2.14. The van der Waals surface area contributed by atoms with Gasteiger partial charge in [-0.05, 0) is 48.3 Å². The molecule has 0 aliphatic rings. The number of nitrogens with zero attached hydrogens (tertiary/aromatic N) is 1. The number of carbonyl (C=O) groups excluding carboxylic acids is 8. The van der Waals surface area contributed by atoms with Crippen molar-refractivity contribution in [3.63, 3.8) is 0 Å². The molecule has 2 rings (SSSR count).